The Morgan fingerprint density at radius 1 is 1.19 bits per heavy atom. The molecule has 1 heterocycles. The largest absolute Gasteiger partial charge is 0.399 e. The van der Waals surface area contributed by atoms with Gasteiger partial charge in [-0.05, 0) is 65.6 Å². The van der Waals surface area contributed by atoms with Gasteiger partial charge in [-0.25, -0.2) is 4.68 Å². The Hall–Kier alpha value is -2.11. The van der Waals surface area contributed by atoms with Gasteiger partial charge >= 0.3 is 0 Å². The fourth-order valence-corrected chi connectivity index (χ4v) is 4.13. The highest BCUT2D eigenvalue weighted by Gasteiger charge is 2.39. The summed E-state index contributed by atoms with van der Waals surface area (Å²) < 4.78 is 1.91. The van der Waals surface area contributed by atoms with E-state index in [0.717, 1.165) is 29.8 Å². The lowest BCUT2D eigenvalue weighted by Crippen LogP contribution is -2.19. The molecule has 2 aliphatic carbocycles. The lowest BCUT2D eigenvalue weighted by Gasteiger charge is -2.21. The van der Waals surface area contributed by atoms with E-state index in [1.807, 2.05) is 16.8 Å². The molecule has 0 aliphatic heterocycles. The van der Waals surface area contributed by atoms with Crippen molar-refractivity contribution in [2.75, 3.05) is 11.5 Å². The van der Waals surface area contributed by atoms with Crippen molar-refractivity contribution in [3.63, 3.8) is 0 Å². The molecule has 3 atom stereocenters. The van der Waals surface area contributed by atoms with Crippen molar-refractivity contribution in [3.8, 4) is 11.4 Å². The van der Waals surface area contributed by atoms with Gasteiger partial charge in [0, 0.05) is 23.5 Å². The van der Waals surface area contributed by atoms with Crippen molar-refractivity contribution < 1.29 is 0 Å². The van der Waals surface area contributed by atoms with E-state index in [1.54, 1.807) is 6.07 Å². The fraction of sp³-hybridized carbons (Fsp3) is 0.533. The SMILES string of the molecule is Nc1ccc(-c2nnnn2CC2CC3CCC2C3)c(N)c1. The topological polar surface area (TPSA) is 95.6 Å². The normalized spacial score (nSPS) is 27.3. The molecule has 1 aromatic heterocycles. The molecule has 0 radical (unpaired) electrons. The van der Waals surface area contributed by atoms with Gasteiger partial charge in [0.25, 0.3) is 0 Å². The quantitative estimate of drug-likeness (QED) is 0.840. The van der Waals surface area contributed by atoms with E-state index in [-0.39, 0.29) is 0 Å². The second-order valence-electron chi connectivity index (χ2n) is 6.47. The first-order valence-electron chi connectivity index (χ1n) is 7.62. The van der Waals surface area contributed by atoms with Crippen molar-refractivity contribution in [1.29, 1.82) is 0 Å². The molecule has 2 fully saturated rings. The molecule has 0 saturated heterocycles. The van der Waals surface area contributed by atoms with Crippen LogP contribution in [0.15, 0.2) is 18.2 Å². The zero-order valence-electron chi connectivity index (χ0n) is 11.9. The van der Waals surface area contributed by atoms with Crippen LogP contribution < -0.4 is 11.5 Å². The van der Waals surface area contributed by atoms with Crippen molar-refractivity contribution in [3.05, 3.63) is 18.2 Å². The predicted molar refractivity (Wildman–Crippen MR) is 81.0 cm³/mol. The molecule has 110 valence electrons. The van der Waals surface area contributed by atoms with Crippen LogP contribution in [0.2, 0.25) is 0 Å². The van der Waals surface area contributed by atoms with E-state index >= 15 is 0 Å². The highest BCUT2D eigenvalue weighted by Crippen LogP contribution is 2.49. The molecule has 2 aliphatic rings. The Kier molecular flexibility index (Phi) is 2.83. The first kappa shape index (κ1) is 12.6. The monoisotopic (exact) mass is 284 g/mol. The number of tetrazole rings is 1. The Morgan fingerprint density at radius 2 is 2.10 bits per heavy atom. The number of nitrogen functional groups attached to an aromatic ring is 2. The molecule has 4 N–H and O–H groups in total. The van der Waals surface area contributed by atoms with Crippen molar-refractivity contribution in [2.24, 2.45) is 17.8 Å². The average Bonchev–Trinajstić information content (AvgIpc) is 3.15. The maximum Gasteiger partial charge on any atom is 0.184 e. The second kappa shape index (κ2) is 4.72. The zero-order valence-corrected chi connectivity index (χ0v) is 11.9. The van der Waals surface area contributed by atoms with Gasteiger partial charge in [0.1, 0.15) is 0 Å². The van der Waals surface area contributed by atoms with E-state index in [4.69, 9.17) is 11.5 Å². The Bertz CT molecular complexity index is 664. The molecular formula is C15H20N6. The minimum Gasteiger partial charge on any atom is -0.399 e. The number of fused-ring (bicyclic) bond motifs is 2. The molecule has 3 unspecified atom stereocenters. The smallest absolute Gasteiger partial charge is 0.184 e. The standard InChI is InChI=1S/C15H20N6/c16-12-3-4-13(14(17)7-12)15-18-19-20-21(15)8-11-6-9-1-2-10(11)5-9/h3-4,7,9-11H,1-2,5-6,8,16-17H2. The molecule has 21 heavy (non-hydrogen) atoms. The lowest BCUT2D eigenvalue weighted by atomic mass is 9.89. The fourth-order valence-electron chi connectivity index (χ4n) is 4.13. The summed E-state index contributed by atoms with van der Waals surface area (Å²) in [4.78, 5) is 0. The van der Waals surface area contributed by atoms with Crippen LogP contribution in [0.3, 0.4) is 0 Å². The summed E-state index contributed by atoms with van der Waals surface area (Å²) in [5.74, 6) is 3.24. The van der Waals surface area contributed by atoms with E-state index in [2.05, 4.69) is 15.5 Å². The van der Waals surface area contributed by atoms with Crippen LogP contribution in [-0.4, -0.2) is 20.2 Å². The predicted octanol–water partition coefficient (Wildman–Crippen LogP) is 1.94. The summed E-state index contributed by atoms with van der Waals surface area (Å²) in [5, 5.41) is 12.2. The zero-order chi connectivity index (χ0) is 14.4. The Balaban J connectivity index is 1.61. The number of nitrogens with zero attached hydrogens (tertiary/aromatic N) is 4. The summed E-state index contributed by atoms with van der Waals surface area (Å²) >= 11 is 0. The molecular weight excluding hydrogens is 264 g/mol. The van der Waals surface area contributed by atoms with Gasteiger partial charge in [0.05, 0.1) is 0 Å². The van der Waals surface area contributed by atoms with Gasteiger partial charge in [0.2, 0.25) is 0 Å². The molecule has 6 nitrogen and oxygen atoms in total. The summed E-state index contributed by atoms with van der Waals surface area (Å²) in [6.45, 7) is 0.896. The average molecular weight is 284 g/mol. The molecule has 0 amide bonds. The first-order valence-corrected chi connectivity index (χ1v) is 7.62. The molecule has 1 aromatic carbocycles. The van der Waals surface area contributed by atoms with Gasteiger partial charge in [-0.3, -0.25) is 0 Å². The van der Waals surface area contributed by atoms with Crippen LogP contribution in [0.4, 0.5) is 11.4 Å². The van der Waals surface area contributed by atoms with Crippen LogP contribution >= 0.6 is 0 Å². The maximum atomic E-state index is 6.06. The van der Waals surface area contributed by atoms with Gasteiger partial charge in [0.15, 0.2) is 5.82 Å². The van der Waals surface area contributed by atoms with Crippen molar-refractivity contribution >= 4 is 11.4 Å². The third kappa shape index (κ3) is 2.14. The minimum atomic E-state index is 0.624. The molecule has 2 bridgehead atoms. The number of anilines is 2. The Morgan fingerprint density at radius 3 is 2.81 bits per heavy atom. The highest BCUT2D eigenvalue weighted by molar-refractivity contribution is 5.74. The summed E-state index contributed by atoms with van der Waals surface area (Å²) in [5.41, 5.74) is 14.0. The minimum absolute atomic E-state index is 0.624. The molecule has 6 heteroatoms. The van der Waals surface area contributed by atoms with Crippen molar-refractivity contribution in [2.45, 2.75) is 32.2 Å². The number of rotatable bonds is 3. The van der Waals surface area contributed by atoms with Gasteiger partial charge in [-0.15, -0.1) is 5.10 Å². The number of aromatic nitrogens is 4. The Labute approximate surface area is 123 Å². The third-order valence-corrected chi connectivity index (χ3v) is 5.14. The molecule has 4 rings (SSSR count). The molecule has 2 saturated carbocycles. The number of hydrogen-bond acceptors (Lipinski definition) is 5. The molecule has 0 spiro atoms. The number of benzene rings is 1. The molecule has 2 aromatic rings. The lowest BCUT2D eigenvalue weighted by molar-refractivity contribution is 0.284. The van der Waals surface area contributed by atoms with Crippen LogP contribution in [0.1, 0.15) is 25.7 Å². The maximum absolute atomic E-state index is 6.06. The van der Waals surface area contributed by atoms with Gasteiger partial charge in [-0.2, -0.15) is 0 Å². The van der Waals surface area contributed by atoms with E-state index in [1.165, 1.54) is 25.7 Å². The van der Waals surface area contributed by atoms with E-state index in [0.29, 0.717) is 17.3 Å². The number of hydrogen-bond donors (Lipinski definition) is 2. The van der Waals surface area contributed by atoms with Crippen LogP contribution in [-0.2, 0) is 6.54 Å². The van der Waals surface area contributed by atoms with Gasteiger partial charge in [-0.1, -0.05) is 6.42 Å². The van der Waals surface area contributed by atoms with Crippen molar-refractivity contribution in [1.82, 2.24) is 20.2 Å². The first-order chi connectivity index (χ1) is 10.2. The summed E-state index contributed by atoms with van der Waals surface area (Å²) in [6.07, 6.45) is 5.50. The second-order valence-corrected chi connectivity index (χ2v) is 6.47. The summed E-state index contributed by atoms with van der Waals surface area (Å²) in [6, 6.07) is 5.49. The van der Waals surface area contributed by atoms with Crippen LogP contribution in [0.25, 0.3) is 11.4 Å². The summed E-state index contributed by atoms with van der Waals surface area (Å²) in [7, 11) is 0. The third-order valence-electron chi connectivity index (χ3n) is 5.14. The van der Waals surface area contributed by atoms with E-state index in [9.17, 15) is 0 Å². The number of nitrogens with two attached hydrogens (primary N) is 2. The van der Waals surface area contributed by atoms with Gasteiger partial charge < -0.3 is 11.5 Å². The highest BCUT2D eigenvalue weighted by atomic mass is 15.5. The van der Waals surface area contributed by atoms with E-state index < -0.39 is 0 Å². The van der Waals surface area contributed by atoms with Crippen LogP contribution in [0.5, 0.6) is 0 Å². The van der Waals surface area contributed by atoms with Crippen LogP contribution in [0, 0.1) is 17.8 Å².